The van der Waals surface area contributed by atoms with Gasteiger partial charge in [0, 0.05) is 18.2 Å². The summed E-state index contributed by atoms with van der Waals surface area (Å²) in [6.07, 6.45) is 19.5. The molecule has 0 bridgehead atoms. The Morgan fingerprint density at radius 2 is 0.909 bits per heavy atom. The minimum absolute atomic E-state index is 0.0604. The van der Waals surface area contributed by atoms with E-state index in [-0.39, 0.29) is 31.0 Å². The van der Waals surface area contributed by atoms with Gasteiger partial charge >= 0.3 is 17.9 Å². The predicted molar refractivity (Wildman–Crippen MR) is 131 cm³/mol. The average Bonchev–Trinajstić information content (AvgIpc) is 2.77. The highest BCUT2D eigenvalue weighted by molar-refractivity contribution is 5.83. The largest absolute Gasteiger partial charge is 0.458 e. The fraction of sp³-hybridized carbons (Fsp3) is 0.444. The fourth-order valence-corrected chi connectivity index (χ4v) is 2.56. The number of carbonyl (C=O) groups excluding carboxylic acids is 3. The lowest BCUT2D eigenvalue weighted by Crippen LogP contribution is -2.30. The fourth-order valence-electron chi connectivity index (χ4n) is 2.56. The van der Waals surface area contributed by atoms with E-state index >= 15 is 0 Å². The molecule has 0 saturated carbocycles. The molecular weight excluding hydrogens is 420 g/mol. The summed E-state index contributed by atoms with van der Waals surface area (Å²) in [7, 11) is 0. The highest BCUT2D eigenvalue weighted by Crippen LogP contribution is 2.05. The Hall–Kier alpha value is -3.15. The van der Waals surface area contributed by atoms with Gasteiger partial charge in [-0.2, -0.15) is 0 Å². The Morgan fingerprint density at radius 3 is 1.24 bits per heavy atom. The summed E-state index contributed by atoms with van der Waals surface area (Å²) in [6, 6.07) is 0. The number of carbonyl (C=O) groups is 3. The van der Waals surface area contributed by atoms with Gasteiger partial charge in [-0.1, -0.05) is 75.5 Å². The molecule has 0 aromatic heterocycles. The first-order chi connectivity index (χ1) is 15.7. The van der Waals surface area contributed by atoms with Gasteiger partial charge in [0.1, 0.15) is 13.2 Å². The van der Waals surface area contributed by atoms with Gasteiger partial charge in [0.15, 0.2) is 6.10 Å². The van der Waals surface area contributed by atoms with E-state index in [0.717, 1.165) is 0 Å². The summed E-state index contributed by atoms with van der Waals surface area (Å²) in [4.78, 5) is 36.1. The molecule has 0 aromatic rings. The minimum atomic E-state index is -0.935. The number of esters is 3. The molecule has 3 unspecified atom stereocenters. The van der Waals surface area contributed by atoms with Crippen molar-refractivity contribution in [2.24, 2.45) is 17.8 Å². The van der Waals surface area contributed by atoms with Gasteiger partial charge in [-0.05, 0) is 38.5 Å². The Labute approximate surface area is 198 Å². The summed E-state index contributed by atoms with van der Waals surface area (Å²) in [6.45, 7) is 11.0. The third-order valence-electron chi connectivity index (χ3n) is 4.20. The lowest BCUT2D eigenvalue weighted by atomic mass is 10.1. The SMILES string of the molecule is CC=CC(C)C=CC(=O)OCC(COC(=O)C=CC(C)C=CC)OC(=O)C=CC(C)C=CC. The molecule has 0 amide bonds. The molecule has 6 heteroatoms. The standard InChI is InChI=1S/C27H38O6/c1-7-10-21(4)13-16-25(28)31-19-24(33-27(30)18-15-23(6)12-9-3)20-32-26(29)17-14-22(5)11-8-2/h7-18,21-24H,19-20H2,1-6H3. The Kier molecular flexibility index (Phi) is 16.7. The zero-order valence-electron chi connectivity index (χ0n) is 20.6. The van der Waals surface area contributed by atoms with Gasteiger partial charge < -0.3 is 14.2 Å². The normalized spacial score (nSPS) is 16.2. The van der Waals surface area contributed by atoms with Crippen molar-refractivity contribution in [3.8, 4) is 0 Å². The number of ether oxygens (including phenoxy) is 3. The lowest BCUT2D eigenvalue weighted by molar-refractivity contribution is -0.160. The molecule has 0 saturated heterocycles. The van der Waals surface area contributed by atoms with Crippen LogP contribution in [0.1, 0.15) is 41.5 Å². The molecule has 0 N–H and O–H groups in total. The van der Waals surface area contributed by atoms with Crippen LogP contribution in [0.15, 0.2) is 72.9 Å². The van der Waals surface area contributed by atoms with Crippen LogP contribution in [0.3, 0.4) is 0 Å². The molecule has 0 aromatic carbocycles. The molecule has 3 atom stereocenters. The van der Waals surface area contributed by atoms with Crippen molar-refractivity contribution in [2.45, 2.75) is 47.6 Å². The van der Waals surface area contributed by atoms with E-state index < -0.39 is 24.0 Å². The van der Waals surface area contributed by atoms with Crippen LogP contribution in [0.5, 0.6) is 0 Å². The van der Waals surface area contributed by atoms with E-state index in [9.17, 15) is 14.4 Å². The molecule has 0 aliphatic heterocycles. The van der Waals surface area contributed by atoms with Crippen molar-refractivity contribution in [1.29, 1.82) is 0 Å². The monoisotopic (exact) mass is 458 g/mol. The van der Waals surface area contributed by atoms with E-state index in [2.05, 4.69) is 0 Å². The first-order valence-corrected chi connectivity index (χ1v) is 11.2. The Balaban J connectivity index is 5.02. The average molecular weight is 459 g/mol. The molecule has 33 heavy (non-hydrogen) atoms. The van der Waals surface area contributed by atoms with Crippen LogP contribution >= 0.6 is 0 Å². The van der Waals surface area contributed by atoms with Gasteiger partial charge in [0.05, 0.1) is 0 Å². The van der Waals surface area contributed by atoms with Crippen molar-refractivity contribution in [1.82, 2.24) is 0 Å². The Morgan fingerprint density at radius 1 is 0.576 bits per heavy atom. The van der Waals surface area contributed by atoms with Crippen molar-refractivity contribution >= 4 is 17.9 Å². The summed E-state index contributed by atoms with van der Waals surface area (Å²) in [5.74, 6) is -1.54. The highest BCUT2D eigenvalue weighted by atomic mass is 16.6. The van der Waals surface area contributed by atoms with Crippen molar-refractivity contribution in [3.63, 3.8) is 0 Å². The molecule has 0 heterocycles. The predicted octanol–water partition coefficient (Wildman–Crippen LogP) is 5.29. The summed E-state index contributed by atoms with van der Waals surface area (Å²) in [5, 5.41) is 0. The van der Waals surface area contributed by atoms with Gasteiger partial charge in [0.25, 0.3) is 0 Å². The van der Waals surface area contributed by atoms with Crippen LogP contribution in [0.25, 0.3) is 0 Å². The Bertz CT molecular complexity index is 725. The number of rotatable bonds is 14. The molecule has 0 rings (SSSR count). The van der Waals surface area contributed by atoms with E-state index in [4.69, 9.17) is 14.2 Å². The van der Waals surface area contributed by atoms with E-state index in [1.54, 1.807) is 18.2 Å². The van der Waals surface area contributed by atoms with E-state index in [1.807, 2.05) is 78.0 Å². The van der Waals surface area contributed by atoms with Crippen LogP contribution in [-0.4, -0.2) is 37.2 Å². The molecule has 0 aliphatic rings. The molecule has 6 nitrogen and oxygen atoms in total. The van der Waals surface area contributed by atoms with Gasteiger partial charge in [-0.25, -0.2) is 14.4 Å². The second-order valence-corrected chi connectivity index (χ2v) is 7.55. The summed E-state index contributed by atoms with van der Waals surface area (Å²) in [5.41, 5.74) is 0. The third kappa shape index (κ3) is 17.1. The maximum atomic E-state index is 12.2. The van der Waals surface area contributed by atoms with Gasteiger partial charge in [-0.3, -0.25) is 0 Å². The zero-order valence-corrected chi connectivity index (χ0v) is 20.6. The van der Waals surface area contributed by atoms with Crippen LogP contribution in [0.4, 0.5) is 0 Å². The quantitative estimate of drug-likeness (QED) is 0.152. The third-order valence-corrected chi connectivity index (χ3v) is 4.20. The van der Waals surface area contributed by atoms with Crippen LogP contribution in [0.2, 0.25) is 0 Å². The highest BCUT2D eigenvalue weighted by Gasteiger charge is 2.17. The smallest absolute Gasteiger partial charge is 0.330 e. The van der Waals surface area contributed by atoms with E-state index in [1.165, 1.54) is 18.2 Å². The van der Waals surface area contributed by atoms with Crippen molar-refractivity contribution in [3.05, 3.63) is 72.9 Å². The molecule has 0 spiro atoms. The van der Waals surface area contributed by atoms with Crippen LogP contribution in [0, 0.1) is 17.8 Å². The summed E-state index contributed by atoms with van der Waals surface area (Å²) < 4.78 is 15.7. The molecule has 182 valence electrons. The molecule has 0 fully saturated rings. The maximum absolute atomic E-state index is 12.2. The zero-order chi connectivity index (χ0) is 25.1. The van der Waals surface area contributed by atoms with Crippen molar-refractivity contribution < 1.29 is 28.6 Å². The van der Waals surface area contributed by atoms with Gasteiger partial charge in [-0.15, -0.1) is 0 Å². The van der Waals surface area contributed by atoms with Crippen LogP contribution in [-0.2, 0) is 28.6 Å². The molecule has 0 aliphatic carbocycles. The number of allylic oxidation sites excluding steroid dienone is 9. The lowest BCUT2D eigenvalue weighted by Gasteiger charge is -2.16. The number of hydrogen-bond donors (Lipinski definition) is 0. The van der Waals surface area contributed by atoms with Gasteiger partial charge in [0.2, 0.25) is 0 Å². The summed E-state index contributed by atoms with van der Waals surface area (Å²) >= 11 is 0. The molecular formula is C27H38O6. The maximum Gasteiger partial charge on any atom is 0.330 e. The first kappa shape index (κ1) is 29.9. The second-order valence-electron chi connectivity index (χ2n) is 7.55. The van der Waals surface area contributed by atoms with E-state index in [0.29, 0.717) is 0 Å². The second kappa shape index (κ2) is 18.4. The van der Waals surface area contributed by atoms with Crippen molar-refractivity contribution in [2.75, 3.05) is 13.2 Å². The first-order valence-electron chi connectivity index (χ1n) is 11.2. The molecule has 0 radical (unpaired) electrons. The minimum Gasteiger partial charge on any atom is -0.458 e. The number of hydrogen-bond acceptors (Lipinski definition) is 6. The van der Waals surface area contributed by atoms with Crippen LogP contribution < -0.4 is 0 Å². The topological polar surface area (TPSA) is 78.9 Å².